The van der Waals surface area contributed by atoms with Gasteiger partial charge in [-0.05, 0) is 37.8 Å². The van der Waals surface area contributed by atoms with Crippen molar-refractivity contribution in [3.63, 3.8) is 0 Å². The Morgan fingerprint density at radius 3 is 2.96 bits per heavy atom. The van der Waals surface area contributed by atoms with Gasteiger partial charge in [-0.25, -0.2) is 9.97 Å². The SMILES string of the molecule is CC(Sc1ncnc2sc3c(c12)CCC3)C(=O)Nc1ccc([N+](=O)[O-])cc1Cl. The van der Waals surface area contributed by atoms with Crippen LogP contribution < -0.4 is 5.32 Å². The Bertz CT molecular complexity index is 1100. The smallest absolute Gasteiger partial charge is 0.271 e. The molecule has 0 saturated heterocycles. The number of nitrogens with zero attached hydrogens (tertiary/aromatic N) is 3. The molecule has 0 saturated carbocycles. The van der Waals surface area contributed by atoms with Gasteiger partial charge in [0.2, 0.25) is 5.91 Å². The van der Waals surface area contributed by atoms with Crippen molar-refractivity contribution in [3.05, 3.63) is 50.1 Å². The van der Waals surface area contributed by atoms with Crippen LogP contribution in [0.4, 0.5) is 11.4 Å². The quantitative estimate of drug-likeness (QED) is 0.266. The number of nitrogens with one attached hydrogen (secondary N) is 1. The summed E-state index contributed by atoms with van der Waals surface area (Å²) < 4.78 is 0. The van der Waals surface area contributed by atoms with E-state index in [4.69, 9.17) is 11.6 Å². The molecule has 1 aromatic carbocycles. The summed E-state index contributed by atoms with van der Waals surface area (Å²) in [7, 11) is 0. The molecule has 3 aromatic rings. The standard InChI is InChI=1S/C18H15ClN4O3S2/c1-9(16(24)22-13-6-5-10(23(25)26)7-12(13)19)27-17-15-11-3-2-4-14(11)28-18(15)21-8-20-17/h5-9H,2-4H2,1H3,(H,22,24). The zero-order valence-corrected chi connectivity index (χ0v) is 17.2. The van der Waals surface area contributed by atoms with Crippen LogP contribution in [0, 0.1) is 10.1 Å². The van der Waals surface area contributed by atoms with Gasteiger partial charge < -0.3 is 5.32 Å². The number of hydrogen-bond acceptors (Lipinski definition) is 7. The predicted octanol–water partition coefficient (Wildman–Crippen LogP) is 4.86. The van der Waals surface area contributed by atoms with E-state index in [1.807, 2.05) is 0 Å². The second kappa shape index (κ2) is 7.65. The molecule has 0 aliphatic heterocycles. The van der Waals surface area contributed by atoms with Crippen LogP contribution in [0.1, 0.15) is 23.8 Å². The van der Waals surface area contributed by atoms with E-state index in [9.17, 15) is 14.9 Å². The number of halogens is 1. The highest BCUT2D eigenvalue weighted by atomic mass is 35.5. The van der Waals surface area contributed by atoms with Gasteiger partial charge in [-0.1, -0.05) is 23.4 Å². The first-order valence-electron chi connectivity index (χ1n) is 8.60. The molecule has 144 valence electrons. The van der Waals surface area contributed by atoms with Crippen molar-refractivity contribution in [2.24, 2.45) is 0 Å². The van der Waals surface area contributed by atoms with E-state index in [0.29, 0.717) is 5.69 Å². The first-order valence-corrected chi connectivity index (χ1v) is 10.7. The van der Waals surface area contributed by atoms with Crippen molar-refractivity contribution in [3.8, 4) is 0 Å². The molecule has 0 bridgehead atoms. The molecule has 1 aliphatic carbocycles. The molecule has 2 aromatic heterocycles. The van der Waals surface area contributed by atoms with Gasteiger partial charge in [-0.2, -0.15) is 0 Å². The molecule has 1 amide bonds. The molecule has 1 N–H and O–H groups in total. The van der Waals surface area contributed by atoms with Crippen LogP contribution in [0.3, 0.4) is 0 Å². The van der Waals surface area contributed by atoms with Crippen molar-refractivity contribution in [2.45, 2.75) is 36.5 Å². The summed E-state index contributed by atoms with van der Waals surface area (Å²) in [6.45, 7) is 1.79. The minimum absolute atomic E-state index is 0.125. The molecule has 10 heteroatoms. The van der Waals surface area contributed by atoms with Crippen LogP contribution in [0.2, 0.25) is 5.02 Å². The zero-order valence-electron chi connectivity index (χ0n) is 14.8. The lowest BCUT2D eigenvalue weighted by atomic mass is 10.2. The monoisotopic (exact) mass is 434 g/mol. The topological polar surface area (TPSA) is 98.0 Å². The van der Waals surface area contributed by atoms with E-state index >= 15 is 0 Å². The normalized spacial score (nSPS) is 14.1. The summed E-state index contributed by atoms with van der Waals surface area (Å²) in [5, 5.41) is 15.1. The number of benzene rings is 1. The number of carbonyl (C=O) groups is 1. The molecule has 7 nitrogen and oxygen atoms in total. The van der Waals surface area contributed by atoms with Crippen molar-refractivity contribution >= 4 is 62.2 Å². The molecule has 0 radical (unpaired) electrons. The van der Waals surface area contributed by atoms with E-state index in [2.05, 4.69) is 15.3 Å². The molecule has 4 rings (SSSR count). The number of anilines is 1. The summed E-state index contributed by atoms with van der Waals surface area (Å²) >= 11 is 9.15. The molecule has 1 aliphatic rings. The third-order valence-corrected chi connectivity index (χ3v) is 7.16. The number of thioether (sulfide) groups is 1. The highest BCUT2D eigenvalue weighted by Gasteiger charge is 2.24. The number of fused-ring (bicyclic) bond motifs is 3. The van der Waals surface area contributed by atoms with Gasteiger partial charge in [0.1, 0.15) is 16.2 Å². The average molecular weight is 435 g/mol. The predicted molar refractivity (Wildman–Crippen MR) is 111 cm³/mol. The molecule has 0 fully saturated rings. The van der Waals surface area contributed by atoms with Crippen LogP contribution in [0.25, 0.3) is 10.2 Å². The van der Waals surface area contributed by atoms with E-state index < -0.39 is 10.2 Å². The molecular weight excluding hydrogens is 420 g/mol. The highest BCUT2D eigenvalue weighted by molar-refractivity contribution is 8.00. The first kappa shape index (κ1) is 19.1. The maximum Gasteiger partial charge on any atom is 0.271 e. The van der Waals surface area contributed by atoms with Gasteiger partial charge in [0.05, 0.1) is 20.9 Å². The number of nitro benzene ring substituents is 1. The summed E-state index contributed by atoms with van der Waals surface area (Å²) in [5.41, 5.74) is 1.53. The highest BCUT2D eigenvalue weighted by Crippen LogP contribution is 2.41. The van der Waals surface area contributed by atoms with Crippen LogP contribution in [-0.2, 0) is 17.6 Å². The van der Waals surface area contributed by atoms with Gasteiger partial charge in [0.15, 0.2) is 0 Å². The van der Waals surface area contributed by atoms with E-state index in [-0.39, 0.29) is 16.6 Å². The Morgan fingerprint density at radius 1 is 1.39 bits per heavy atom. The lowest BCUT2D eigenvalue weighted by Crippen LogP contribution is -2.22. The van der Waals surface area contributed by atoms with Crippen LogP contribution in [-0.4, -0.2) is 26.0 Å². The fourth-order valence-electron chi connectivity index (χ4n) is 3.16. The summed E-state index contributed by atoms with van der Waals surface area (Å²) in [6, 6.07) is 3.96. The second-order valence-electron chi connectivity index (χ2n) is 6.39. The maximum atomic E-state index is 12.6. The Morgan fingerprint density at radius 2 is 2.21 bits per heavy atom. The van der Waals surface area contributed by atoms with Gasteiger partial charge in [-0.3, -0.25) is 14.9 Å². The lowest BCUT2D eigenvalue weighted by Gasteiger charge is -2.13. The van der Waals surface area contributed by atoms with Crippen LogP contribution in [0.15, 0.2) is 29.6 Å². The lowest BCUT2D eigenvalue weighted by molar-refractivity contribution is -0.384. The molecule has 0 spiro atoms. The van der Waals surface area contributed by atoms with E-state index in [0.717, 1.165) is 34.5 Å². The third kappa shape index (κ3) is 3.57. The van der Waals surface area contributed by atoms with Crippen molar-refractivity contribution in [1.29, 1.82) is 0 Å². The van der Waals surface area contributed by atoms with Crippen LogP contribution in [0.5, 0.6) is 0 Å². The number of amides is 1. The zero-order chi connectivity index (χ0) is 19.8. The maximum absolute atomic E-state index is 12.6. The van der Waals surface area contributed by atoms with Crippen LogP contribution >= 0.6 is 34.7 Å². The number of aryl methyl sites for hydroxylation is 2. The number of rotatable bonds is 5. The number of thiophene rings is 1. The second-order valence-corrected chi connectivity index (χ2v) is 9.21. The minimum Gasteiger partial charge on any atom is -0.324 e. The minimum atomic E-state index is -0.532. The molecule has 1 atom stereocenters. The summed E-state index contributed by atoms with van der Waals surface area (Å²) in [4.78, 5) is 34.0. The van der Waals surface area contributed by atoms with Gasteiger partial charge in [-0.15, -0.1) is 11.3 Å². The summed E-state index contributed by atoms with van der Waals surface area (Å²) in [6.07, 6.45) is 4.78. The average Bonchev–Trinajstić information content (AvgIpc) is 3.24. The Balaban J connectivity index is 1.53. The molecular formula is C18H15ClN4O3S2. The van der Waals surface area contributed by atoms with Gasteiger partial charge >= 0.3 is 0 Å². The van der Waals surface area contributed by atoms with Crippen molar-refractivity contribution < 1.29 is 9.72 Å². The number of non-ortho nitro benzene ring substituents is 1. The molecule has 2 heterocycles. The van der Waals surface area contributed by atoms with Crippen molar-refractivity contribution in [2.75, 3.05) is 5.32 Å². The molecule has 28 heavy (non-hydrogen) atoms. The number of nitro groups is 1. The number of hydrogen-bond donors (Lipinski definition) is 1. The number of carbonyl (C=O) groups excluding carboxylic acids is 1. The number of aromatic nitrogens is 2. The fraction of sp³-hybridized carbons (Fsp3) is 0.278. The van der Waals surface area contributed by atoms with E-state index in [1.54, 1.807) is 18.3 Å². The first-order chi connectivity index (χ1) is 13.4. The Labute approximate surface area is 173 Å². The largest absolute Gasteiger partial charge is 0.324 e. The Hall–Kier alpha value is -2.23. The van der Waals surface area contributed by atoms with Gasteiger partial charge in [0.25, 0.3) is 5.69 Å². The van der Waals surface area contributed by atoms with Crippen molar-refractivity contribution in [1.82, 2.24) is 9.97 Å². The summed E-state index contributed by atoms with van der Waals surface area (Å²) in [5.74, 6) is -0.251. The fourth-order valence-corrected chi connectivity index (χ4v) is 5.63. The Kier molecular flexibility index (Phi) is 5.22. The third-order valence-electron chi connectivity index (χ3n) is 4.55. The molecule has 1 unspecified atom stereocenters. The van der Waals surface area contributed by atoms with Gasteiger partial charge in [0, 0.05) is 22.4 Å². The van der Waals surface area contributed by atoms with E-state index in [1.165, 1.54) is 46.7 Å².